The van der Waals surface area contributed by atoms with Gasteiger partial charge in [0, 0.05) is 39.8 Å². The van der Waals surface area contributed by atoms with Gasteiger partial charge in [-0.3, -0.25) is 9.59 Å². The van der Waals surface area contributed by atoms with Gasteiger partial charge in [0.2, 0.25) is 0 Å². The summed E-state index contributed by atoms with van der Waals surface area (Å²) in [6, 6.07) is 15.2. The minimum atomic E-state index is -0.274. The Labute approximate surface area is 200 Å². The number of carbonyl (C=O) groups is 2. The Kier molecular flexibility index (Phi) is 5.89. The Balaban J connectivity index is 1.43. The first-order valence-corrected chi connectivity index (χ1v) is 12.0. The number of hydrazone groups is 1. The number of aryl methyl sites for hydroxylation is 2. The minimum Gasteiger partial charge on any atom is -0.455 e. The first-order valence-electron chi connectivity index (χ1n) is 11.2. The first-order chi connectivity index (χ1) is 16.0. The fourth-order valence-electron chi connectivity index (χ4n) is 4.64. The van der Waals surface area contributed by atoms with Crippen LogP contribution < -0.4 is 10.3 Å². The lowest BCUT2D eigenvalue weighted by Crippen LogP contribution is -2.35. The Morgan fingerprint density at radius 2 is 1.82 bits per heavy atom. The second-order valence-corrected chi connectivity index (χ2v) is 9.32. The fourth-order valence-corrected chi connectivity index (χ4v) is 4.90. The molecule has 1 N–H and O–H groups in total. The number of benzene rings is 2. The molecule has 33 heavy (non-hydrogen) atoms. The summed E-state index contributed by atoms with van der Waals surface area (Å²) in [6.45, 7) is 2.58. The monoisotopic (exact) mass is 505 g/mol. The zero-order valence-corrected chi connectivity index (χ0v) is 19.9. The van der Waals surface area contributed by atoms with E-state index in [2.05, 4.69) is 32.5 Å². The van der Waals surface area contributed by atoms with Crippen LogP contribution in [0.4, 0.5) is 5.69 Å². The van der Waals surface area contributed by atoms with Crippen molar-refractivity contribution >= 4 is 39.1 Å². The predicted octanol–water partition coefficient (Wildman–Crippen LogP) is 5.41. The van der Waals surface area contributed by atoms with Gasteiger partial charge in [0.05, 0.1) is 5.71 Å². The second-order valence-electron chi connectivity index (χ2n) is 8.40. The summed E-state index contributed by atoms with van der Waals surface area (Å²) in [7, 11) is 0. The number of hydrogen-bond acceptors (Lipinski definition) is 4. The number of rotatable bonds is 3. The van der Waals surface area contributed by atoms with Crippen LogP contribution >= 0.6 is 15.9 Å². The Hall–Kier alpha value is -3.19. The topological polar surface area (TPSA) is 74.9 Å². The van der Waals surface area contributed by atoms with Gasteiger partial charge in [-0.15, -0.1) is 0 Å². The lowest BCUT2D eigenvalue weighted by molar-refractivity contribution is 0.0948. The number of fused-ring (bicyclic) bond motifs is 2. The van der Waals surface area contributed by atoms with Crippen molar-refractivity contribution in [2.24, 2.45) is 5.10 Å². The van der Waals surface area contributed by atoms with Gasteiger partial charge in [0.1, 0.15) is 5.76 Å². The molecule has 2 aromatic carbocycles. The van der Waals surface area contributed by atoms with Crippen LogP contribution in [0.1, 0.15) is 62.6 Å². The molecule has 1 aliphatic heterocycles. The molecule has 2 aliphatic rings. The summed E-state index contributed by atoms with van der Waals surface area (Å²) in [4.78, 5) is 27.8. The molecule has 0 spiro atoms. The van der Waals surface area contributed by atoms with Gasteiger partial charge in [0.25, 0.3) is 11.8 Å². The molecule has 1 aromatic heterocycles. The molecule has 0 radical (unpaired) electrons. The van der Waals surface area contributed by atoms with E-state index in [0.29, 0.717) is 24.3 Å². The highest BCUT2D eigenvalue weighted by molar-refractivity contribution is 9.10. The number of nitrogens with zero attached hydrogens (tertiary/aromatic N) is 2. The summed E-state index contributed by atoms with van der Waals surface area (Å²) in [5.74, 6) is 0.742. The molecule has 1 aliphatic carbocycles. The number of para-hydroxylation sites is 1. The van der Waals surface area contributed by atoms with Gasteiger partial charge in [-0.1, -0.05) is 34.1 Å². The standard InChI is InChI=1S/C26H24BrN3O3/c1-16-23-20(28-29-25(31)18-11-13-19(27)14-12-18)8-4-10-22(23)33-24(16)26(32)30-15-5-7-17-6-2-3-9-21(17)30/h2-3,6,9,11-14H,4-5,7-8,10,15H2,1H3,(H,29,31)/b28-20+. The Bertz CT molecular complexity index is 1260. The highest BCUT2D eigenvalue weighted by Gasteiger charge is 2.32. The summed E-state index contributed by atoms with van der Waals surface area (Å²) >= 11 is 3.37. The first kappa shape index (κ1) is 21.6. The van der Waals surface area contributed by atoms with Crippen LogP contribution in [0.15, 0.2) is 62.5 Å². The molecule has 0 bridgehead atoms. The van der Waals surface area contributed by atoms with Crippen LogP contribution in [0, 0.1) is 6.92 Å². The quantitative estimate of drug-likeness (QED) is 0.483. The van der Waals surface area contributed by atoms with Crippen LogP contribution in [0.3, 0.4) is 0 Å². The maximum atomic E-state index is 13.5. The van der Waals surface area contributed by atoms with E-state index in [4.69, 9.17) is 4.42 Å². The number of furan rings is 1. The number of amides is 2. The molecule has 0 saturated carbocycles. The van der Waals surface area contributed by atoms with Crippen molar-refractivity contribution in [3.05, 3.63) is 86.8 Å². The van der Waals surface area contributed by atoms with E-state index in [0.717, 1.165) is 58.4 Å². The number of nitrogens with one attached hydrogen (secondary N) is 1. The zero-order valence-electron chi connectivity index (χ0n) is 18.4. The molecule has 7 heteroatoms. The van der Waals surface area contributed by atoms with Crippen LogP contribution in [-0.2, 0) is 12.8 Å². The lowest BCUT2D eigenvalue weighted by Gasteiger charge is -2.28. The van der Waals surface area contributed by atoms with Crippen LogP contribution in [-0.4, -0.2) is 24.1 Å². The number of carbonyl (C=O) groups excluding carboxylic acids is 2. The molecule has 0 fully saturated rings. The molecule has 0 atom stereocenters. The summed E-state index contributed by atoms with van der Waals surface area (Å²) in [6.07, 6.45) is 4.22. The van der Waals surface area contributed by atoms with Gasteiger partial charge >= 0.3 is 0 Å². The maximum Gasteiger partial charge on any atom is 0.294 e. The van der Waals surface area contributed by atoms with Gasteiger partial charge in [-0.2, -0.15) is 5.10 Å². The molecule has 0 unspecified atom stereocenters. The highest BCUT2D eigenvalue weighted by atomic mass is 79.9. The zero-order chi connectivity index (χ0) is 22.9. The average molecular weight is 506 g/mol. The Morgan fingerprint density at radius 3 is 2.64 bits per heavy atom. The van der Waals surface area contributed by atoms with Gasteiger partial charge in [-0.05, 0) is 68.5 Å². The molecule has 2 amide bonds. The molecule has 3 aromatic rings. The number of hydrogen-bond donors (Lipinski definition) is 1. The molecule has 5 rings (SSSR count). The van der Waals surface area contributed by atoms with Crippen molar-refractivity contribution < 1.29 is 14.0 Å². The van der Waals surface area contributed by atoms with Gasteiger partial charge in [0.15, 0.2) is 5.76 Å². The van der Waals surface area contributed by atoms with Crippen molar-refractivity contribution in [1.82, 2.24) is 5.43 Å². The third-order valence-corrected chi connectivity index (χ3v) is 6.80. The van der Waals surface area contributed by atoms with E-state index < -0.39 is 0 Å². The Morgan fingerprint density at radius 1 is 1.03 bits per heavy atom. The van der Waals surface area contributed by atoms with Crippen molar-refractivity contribution in [3.63, 3.8) is 0 Å². The smallest absolute Gasteiger partial charge is 0.294 e. The predicted molar refractivity (Wildman–Crippen MR) is 131 cm³/mol. The minimum absolute atomic E-state index is 0.118. The van der Waals surface area contributed by atoms with E-state index in [1.54, 1.807) is 12.1 Å². The second kappa shape index (κ2) is 8.98. The highest BCUT2D eigenvalue weighted by Crippen LogP contribution is 2.33. The largest absolute Gasteiger partial charge is 0.455 e. The van der Waals surface area contributed by atoms with Crippen LogP contribution in [0.2, 0.25) is 0 Å². The van der Waals surface area contributed by atoms with Crippen molar-refractivity contribution in [1.29, 1.82) is 0 Å². The molecular formula is C26H24BrN3O3. The molecule has 2 heterocycles. The SMILES string of the molecule is Cc1c(C(=O)N2CCCc3ccccc32)oc2c1/C(=N/NC(=O)c1ccc(Br)cc1)CCC2. The lowest BCUT2D eigenvalue weighted by atomic mass is 9.93. The van der Waals surface area contributed by atoms with E-state index >= 15 is 0 Å². The maximum absolute atomic E-state index is 13.5. The molecule has 0 saturated heterocycles. The third-order valence-electron chi connectivity index (χ3n) is 6.27. The number of halogens is 1. The summed E-state index contributed by atoms with van der Waals surface area (Å²) in [5.41, 5.74) is 7.73. The normalized spacial score (nSPS) is 16.3. The average Bonchev–Trinajstić information content (AvgIpc) is 3.19. The van der Waals surface area contributed by atoms with Crippen molar-refractivity contribution in [3.8, 4) is 0 Å². The molecule has 168 valence electrons. The van der Waals surface area contributed by atoms with Gasteiger partial charge < -0.3 is 9.32 Å². The van der Waals surface area contributed by atoms with E-state index in [-0.39, 0.29) is 11.8 Å². The van der Waals surface area contributed by atoms with E-state index in [1.165, 1.54) is 5.56 Å². The summed E-state index contributed by atoms with van der Waals surface area (Å²) in [5, 5.41) is 4.43. The summed E-state index contributed by atoms with van der Waals surface area (Å²) < 4.78 is 7.02. The fraction of sp³-hybridized carbons (Fsp3) is 0.269. The molecule has 6 nitrogen and oxygen atoms in total. The van der Waals surface area contributed by atoms with E-state index in [9.17, 15) is 9.59 Å². The van der Waals surface area contributed by atoms with E-state index in [1.807, 2.05) is 42.2 Å². The third kappa shape index (κ3) is 4.13. The molecular weight excluding hydrogens is 482 g/mol. The van der Waals surface area contributed by atoms with Crippen LogP contribution in [0.25, 0.3) is 0 Å². The van der Waals surface area contributed by atoms with Crippen molar-refractivity contribution in [2.75, 3.05) is 11.4 Å². The van der Waals surface area contributed by atoms with Crippen molar-refractivity contribution in [2.45, 2.75) is 39.0 Å². The number of anilines is 1. The van der Waals surface area contributed by atoms with Crippen LogP contribution in [0.5, 0.6) is 0 Å². The van der Waals surface area contributed by atoms with Gasteiger partial charge in [-0.25, -0.2) is 5.43 Å².